The summed E-state index contributed by atoms with van der Waals surface area (Å²) in [5.74, 6) is -1.37. The zero-order chi connectivity index (χ0) is 16.1. The smallest absolute Gasteiger partial charge is 0.306 e. The number of ether oxygens (including phenoxy) is 1. The Morgan fingerprint density at radius 1 is 1.41 bits per heavy atom. The molecule has 1 heterocycles. The Kier molecular flexibility index (Phi) is 4.57. The van der Waals surface area contributed by atoms with Crippen LogP contribution < -0.4 is 10.1 Å². The van der Waals surface area contributed by atoms with Gasteiger partial charge in [-0.15, -0.1) is 0 Å². The van der Waals surface area contributed by atoms with Crippen molar-refractivity contribution in [1.82, 2.24) is 9.97 Å². The van der Waals surface area contributed by atoms with Gasteiger partial charge in [-0.1, -0.05) is 0 Å². The number of carbonyl (C=O) groups is 1. The molecule has 2 rings (SSSR count). The van der Waals surface area contributed by atoms with E-state index in [1.165, 1.54) is 12.1 Å². The van der Waals surface area contributed by atoms with E-state index in [0.29, 0.717) is 6.61 Å². The maximum absolute atomic E-state index is 13.2. The molecule has 0 atom stereocenters. The SMILES string of the molecule is CCOc1cc(C(=O)Nc2ccc(F)c([N+](=O)[O-])c2)ncn1. The highest BCUT2D eigenvalue weighted by Crippen LogP contribution is 2.22. The van der Waals surface area contributed by atoms with Crippen molar-refractivity contribution in [1.29, 1.82) is 0 Å². The number of nitro groups is 1. The predicted octanol–water partition coefficient (Wildman–Crippen LogP) is 2.17. The fraction of sp³-hybridized carbons (Fsp3) is 0.154. The van der Waals surface area contributed by atoms with Crippen LogP contribution in [0.15, 0.2) is 30.6 Å². The van der Waals surface area contributed by atoms with Crippen LogP contribution >= 0.6 is 0 Å². The molecule has 9 heteroatoms. The molecule has 8 nitrogen and oxygen atoms in total. The van der Waals surface area contributed by atoms with Gasteiger partial charge in [0, 0.05) is 17.8 Å². The Bertz CT molecular complexity index is 723. The molecule has 0 saturated heterocycles. The lowest BCUT2D eigenvalue weighted by Crippen LogP contribution is -2.14. The molecule has 1 aromatic carbocycles. The molecule has 0 fully saturated rings. The van der Waals surface area contributed by atoms with E-state index in [4.69, 9.17) is 4.74 Å². The fourth-order valence-electron chi connectivity index (χ4n) is 1.62. The Labute approximate surface area is 124 Å². The number of hydrogen-bond acceptors (Lipinski definition) is 6. The number of anilines is 1. The molecular formula is C13H11FN4O4. The Hall–Kier alpha value is -3.10. The van der Waals surface area contributed by atoms with E-state index in [2.05, 4.69) is 15.3 Å². The average Bonchev–Trinajstić information content (AvgIpc) is 2.49. The van der Waals surface area contributed by atoms with E-state index in [1.807, 2.05) is 0 Å². The number of nitrogens with zero attached hydrogens (tertiary/aromatic N) is 3. The second-order valence-electron chi connectivity index (χ2n) is 4.05. The summed E-state index contributed by atoms with van der Waals surface area (Å²) in [4.78, 5) is 29.4. The number of carbonyl (C=O) groups excluding carboxylic acids is 1. The van der Waals surface area contributed by atoms with Crippen LogP contribution in [0.2, 0.25) is 0 Å². The highest BCUT2D eigenvalue weighted by Gasteiger charge is 2.16. The quantitative estimate of drug-likeness (QED) is 0.670. The van der Waals surface area contributed by atoms with Crippen LogP contribution in [0.1, 0.15) is 17.4 Å². The van der Waals surface area contributed by atoms with Crippen LogP contribution in [0, 0.1) is 15.9 Å². The fourth-order valence-corrected chi connectivity index (χ4v) is 1.62. The number of hydrogen-bond donors (Lipinski definition) is 1. The summed E-state index contributed by atoms with van der Waals surface area (Å²) >= 11 is 0. The van der Waals surface area contributed by atoms with E-state index in [1.54, 1.807) is 6.92 Å². The first kappa shape index (κ1) is 15.3. The molecule has 1 amide bonds. The molecule has 1 N–H and O–H groups in total. The normalized spacial score (nSPS) is 10.1. The Morgan fingerprint density at radius 2 is 2.18 bits per heavy atom. The van der Waals surface area contributed by atoms with Crippen LogP contribution in [0.4, 0.5) is 15.8 Å². The van der Waals surface area contributed by atoms with Crippen LogP contribution in [-0.2, 0) is 0 Å². The third-order valence-electron chi connectivity index (χ3n) is 2.57. The molecule has 0 aliphatic carbocycles. The first-order valence-electron chi connectivity index (χ1n) is 6.21. The van der Waals surface area contributed by atoms with Crippen molar-refractivity contribution in [2.45, 2.75) is 6.92 Å². The highest BCUT2D eigenvalue weighted by molar-refractivity contribution is 6.03. The van der Waals surface area contributed by atoms with Crippen molar-refractivity contribution < 1.29 is 18.8 Å². The van der Waals surface area contributed by atoms with Crippen LogP contribution in [-0.4, -0.2) is 27.4 Å². The molecule has 1 aromatic heterocycles. The number of rotatable bonds is 5. The monoisotopic (exact) mass is 306 g/mol. The van der Waals surface area contributed by atoms with Gasteiger partial charge in [0.05, 0.1) is 11.5 Å². The van der Waals surface area contributed by atoms with Gasteiger partial charge >= 0.3 is 5.69 Å². The zero-order valence-electron chi connectivity index (χ0n) is 11.4. The van der Waals surface area contributed by atoms with Crippen molar-refractivity contribution in [3.05, 3.63) is 52.2 Å². The van der Waals surface area contributed by atoms with Gasteiger partial charge < -0.3 is 10.1 Å². The van der Waals surface area contributed by atoms with Gasteiger partial charge in [0.1, 0.15) is 12.0 Å². The number of benzene rings is 1. The van der Waals surface area contributed by atoms with Crippen molar-refractivity contribution in [2.24, 2.45) is 0 Å². The molecule has 0 unspecified atom stereocenters. The van der Waals surface area contributed by atoms with Crippen LogP contribution in [0.25, 0.3) is 0 Å². The van der Waals surface area contributed by atoms with Crippen molar-refractivity contribution >= 4 is 17.3 Å². The van der Waals surface area contributed by atoms with Gasteiger partial charge in [-0.05, 0) is 19.1 Å². The summed E-state index contributed by atoms with van der Waals surface area (Å²) in [6.07, 6.45) is 1.16. The standard InChI is InChI=1S/C13H11FN4O4/c1-2-22-12-6-10(15-7-16-12)13(19)17-8-3-4-9(14)11(5-8)18(20)21/h3-7H,2H2,1H3,(H,17,19). The molecule has 0 radical (unpaired) electrons. The maximum atomic E-state index is 13.2. The number of nitrogens with one attached hydrogen (secondary N) is 1. The second-order valence-corrected chi connectivity index (χ2v) is 4.05. The lowest BCUT2D eigenvalue weighted by molar-refractivity contribution is -0.387. The minimum atomic E-state index is -0.983. The maximum Gasteiger partial charge on any atom is 0.306 e. The van der Waals surface area contributed by atoms with Crippen molar-refractivity contribution in [2.75, 3.05) is 11.9 Å². The number of aromatic nitrogens is 2. The van der Waals surface area contributed by atoms with Crippen LogP contribution in [0.3, 0.4) is 0 Å². The predicted molar refractivity (Wildman–Crippen MR) is 74.2 cm³/mol. The molecular weight excluding hydrogens is 295 g/mol. The molecule has 0 spiro atoms. The first-order valence-corrected chi connectivity index (χ1v) is 6.21. The van der Waals surface area contributed by atoms with E-state index >= 15 is 0 Å². The van der Waals surface area contributed by atoms with E-state index < -0.39 is 22.3 Å². The van der Waals surface area contributed by atoms with Crippen molar-refractivity contribution in [3.8, 4) is 5.88 Å². The molecule has 0 bridgehead atoms. The molecule has 22 heavy (non-hydrogen) atoms. The molecule has 0 saturated carbocycles. The molecule has 114 valence electrons. The van der Waals surface area contributed by atoms with Gasteiger partial charge in [0.25, 0.3) is 5.91 Å². The van der Waals surface area contributed by atoms with Gasteiger partial charge in [-0.25, -0.2) is 9.97 Å². The summed E-state index contributed by atoms with van der Waals surface area (Å²) in [5.41, 5.74) is -0.629. The summed E-state index contributed by atoms with van der Waals surface area (Å²) < 4.78 is 18.4. The van der Waals surface area contributed by atoms with Gasteiger partial charge in [0.15, 0.2) is 0 Å². The minimum Gasteiger partial charge on any atom is -0.478 e. The molecule has 0 aliphatic rings. The van der Waals surface area contributed by atoms with Crippen LogP contribution in [0.5, 0.6) is 5.88 Å². The summed E-state index contributed by atoms with van der Waals surface area (Å²) in [5, 5.41) is 13.1. The molecule has 0 aliphatic heterocycles. The third kappa shape index (κ3) is 3.51. The number of halogens is 1. The van der Waals surface area contributed by atoms with Gasteiger partial charge in [0.2, 0.25) is 11.7 Å². The summed E-state index contributed by atoms with van der Waals surface area (Å²) in [7, 11) is 0. The highest BCUT2D eigenvalue weighted by atomic mass is 19.1. The average molecular weight is 306 g/mol. The Morgan fingerprint density at radius 3 is 2.86 bits per heavy atom. The third-order valence-corrected chi connectivity index (χ3v) is 2.57. The van der Waals surface area contributed by atoms with E-state index in [9.17, 15) is 19.3 Å². The summed E-state index contributed by atoms with van der Waals surface area (Å²) in [6.45, 7) is 2.14. The number of amides is 1. The number of nitro benzene ring substituents is 1. The Balaban J connectivity index is 2.20. The lowest BCUT2D eigenvalue weighted by Gasteiger charge is -2.06. The minimum absolute atomic E-state index is 0.0189. The largest absolute Gasteiger partial charge is 0.478 e. The first-order chi connectivity index (χ1) is 10.5. The topological polar surface area (TPSA) is 107 Å². The summed E-state index contributed by atoms with van der Waals surface area (Å²) in [6, 6.07) is 4.37. The molecule has 2 aromatic rings. The van der Waals surface area contributed by atoms with E-state index in [0.717, 1.165) is 18.5 Å². The van der Waals surface area contributed by atoms with Crippen molar-refractivity contribution in [3.63, 3.8) is 0 Å². The van der Waals surface area contributed by atoms with E-state index in [-0.39, 0.29) is 17.3 Å². The second kappa shape index (κ2) is 6.57. The zero-order valence-corrected chi connectivity index (χ0v) is 11.4. The lowest BCUT2D eigenvalue weighted by atomic mass is 10.2. The van der Waals surface area contributed by atoms with Gasteiger partial charge in [-0.2, -0.15) is 4.39 Å². The van der Waals surface area contributed by atoms with Gasteiger partial charge in [-0.3, -0.25) is 14.9 Å².